The van der Waals surface area contributed by atoms with Gasteiger partial charge in [0.25, 0.3) is 0 Å². The summed E-state index contributed by atoms with van der Waals surface area (Å²) in [5.74, 6) is 0. The van der Waals surface area contributed by atoms with Gasteiger partial charge in [0.05, 0.1) is 0 Å². The van der Waals surface area contributed by atoms with Gasteiger partial charge in [-0.3, -0.25) is 0 Å². The average molecular weight is 953 g/mol. The van der Waals surface area contributed by atoms with Gasteiger partial charge in [-0.2, -0.15) is 0 Å². The molecule has 52 heavy (non-hydrogen) atoms. The zero-order valence-electron chi connectivity index (χ0n) is 34.8. The van der Waals surface area contributed by atoms with Crippen LogP contribution in [0.3, 0.4) is 0 Å². The van der Waals surface area contributed by atoms with Crippen LogP contribution in [0.4, 0.5) is 0 Å². The molecule has 0 saturated carbocycles. The van der Waals surface area contributed by atoms with Crippen LogP contribution in [-0.4, -0.2) is 36.8 Å². The van der Waals surface area contributed by atoms with Gasteiger partial charge < -0.3 is 0 Å². The number of unbranched alkanes of at least 4 members (excludes halogenated alkanes) is 18. The second-order valence-corrected chi connectivity index (χ2v) is 51.3. The summed E-state index contributed by atoms with van der Waals surface area (Å²) in [5, 5.41) is 9.26. The normalized spacial score (nSPS) is 12.8. The minimum absolute atomic E-state index is 1.23. The molecule has 0 aliphatic carbocycles. The van der Waals surface area contributed by atoms with Crippen LogP contribution in [-0.2, 0) is 12.8 Å². The van der Waals surface area contributed by atoms with E-state index in [1.807, 2.05) is 0 Å². The van der Waals surface area contributed by atoms with Crippen molar-refractivity contribution in [2.75, 3.05) is 0 Å². The van der Waals surface area contributed by atoms with E-state index in [1.54, 1.807) is 37.1 Å². The van der Waals surface area contributed by atoms with Crippen LogP contribution in [0, 0.1) is 0 Å². The predicted octanol–water partition coefficient (Wildman–Crippen LogP) is 16.4. The van der Waals surface area contributed by atoms with Crippen LogP contribution >= 0.6 is 22.7 Å². The fourth-order valence-electron chi connectivity index (χ4n) is 8.27. The zero-order chi connectivity index (χ0) is 37.1. The molecule has 0 amide bonds. The summed E-state index contributed by atoms with van der Waals surface area (Å²) in [5.41, 5.74) is 3.25. The Bertz CT molecular complexity index is 1710. The minimum atomic E-state index is -2.23. The molecule has 0 aliphatic heterocycles. The Labute approximate surface area is 336 Å². The Morgan fingerprint density at radius 3 is 0.981 bits per heavy atom. The van der Waals surface area contributed by atoms with Gasteiger partial charge >= 0.3 is 287 Å². The van der Waals surface area contributed by atoms with Crippen molar-refractivity contribution in [2.24, 2.45) is 0 Å². The first-order chi connectivity index (χ1) is 25.0. The Hall–Kier alpha value is -0.303. The molecule has 0 N–H and O–H groups in total. The molecule has 0 atom stereocenters. The number of rotatable bonds is 24. The van der Waals surface area contributed by atoms with E-state index >= 15 is 0 Å². The summed E-state index contributed by atoms with van der Waals surface area (Å²) in [6, 6.07) is 15.7. The van der Waals surface area contributed by atoms with Gasteiger partial charge in [0, 0.05) is 0 Å². The standard InChI is InChI=1S/C42H56S2.6CH3.2Sn/c1-3-5-7-9-11-13-15-17-19-21-23-33-31-39-37(41-35(33)27-29-43-41)25-26-38-40(39)32-34(36-28-30-44-42(36)38)24-22-20-18-16-14-12-10-8-6-4-2;;;;;;;;/h25-28,31-32H,3-24H2,1-2H3;6*1H3;;. The maximum absolute atomic E-state index is 2.68. The summed E-state index contributed by atoms with van der Waals surface area (Å²) in [4.78, 5) is 15.6. The van der Waals surface area contributed by atoms with Crippen LogP contribution in [0.1, 0.15) is 153 Å². The van der Waals surface area contributed by atoms with E-state index < -0.39 is 36.8 Å². The molecule has 2 heterocycles. The molecule has 4 heteroatoms. The Balaban J connectivity index is 1.43. The average Bonchev–Trinajstić information content (AvgIpc) is 3.77. The molecule has 2 aromatic heterocycles. The molecule has 0 unspecified atom stereocenters. The third kappa shape index (κ3) is 11.6. The summed E-state index contributed by atoms with van der Waals surface area (Å²) < 4.78 is 6.63. The number of fused-ring (bicyclic) bond motifs is 7. The molecular weight excluding hydrogens is 878 g/mol. The van der Waals surface area contributed by atoms with Gasteiger partial charge in [-0.15, -0.1) is 0 Å². The first-order valence-corrected chi connectivity index (χ1v) is 43.5. The molecule has 0 saturated heterocycles. The summed E-state index contributed by atoms with van der Waals surface area (Å²) in [7, 11) is 0. The van der Waals surface area contributed by atoms with Gasteiger partial charge in [0.2, 0.25) is 0 Å². The quantitative estimate of drug-likeness (QED) is 0.0328. The molecule has 0 fully saturated rings. The molecule has 0 spiro atoms. The van der Waals surface area contributed by atoms with Crippen molar-refractivity contribution >= 4 is 107 Å². The third-order valence-electron chi connectivity index (χ3n) is 11.6. The Morgan fingerprint density at radius 2 is 0.673 bits per heavy atom. The van der Waals surface area contributed by atoms with Gasteiger partial charge in [-0.25, -0.2) is 0 Å². The molecule has 5 rings (SSSR count). The van der Waals surface area contributed by atoms with Gasteiger partial charge in [0.15, 0.2) is 0 Å². The molecule has 0 aliphatic rings. The topological polar surface area (TPSA) is 0 Å². The van der Waals surface area contributed by atoms with E-state index in [0.717, 1.165) is 0 Å². The van der Waals surface area contributed by atoms with Crippen molar-refractivity contribution in [1.82, 2.24) is 0 Å². The second kappa shape index (κ2) is 20.7. The van der Waals surface area contributed by atoms with E-state index in [1.165, 1.54) is 163 Å². The van der Waals surface area contributed by atoms with Crippen molar-refractivity contribution in [3.8, 4) is 0 Å². The van der Waals surface area contributed by atoms with E-state index in [4.69, 9.17) is 0 Å². The van der Waals surface area contributed by atoms with Crippen molar-refractivity contribution in [2.45, 2.75) is 185 Å². The van der Waals surface area contributed by atoms with Crippen LogP contribution in [0.15, 0.2) is 36.4 Å². The summed E-state index contributed by atoms with van der Waals surface area (Å²) >= 11 is -0.128. The van der Waals surface area contributed by atoms with Gasteiger partial charge in [0.1, 0.15) is 0 Å². The van der Waals surface area contributed by atoms with Gasteiger partial charge in [-0.05, 0) is 0 Å². The van der Waals surface area contributed by atoms with Gasteiger partial charge in [-0.1, -0.05) is 52.4 Å². The Morgan fingerprint density at radius 1 is 0.365 bits per heavy atom. The van der Waals surface area contributed by atoms with Crippen LogP contribution in [0.25, 0.3) is 41.7 Å². The fraction of sp³-hybridized carbons (Fsp3) is 0.625. The Kier molecular flexibility index (Phi) is 17.1. The molecule has 0 bridgehead atoms. The summed E-state index contributed by atoms with van der Waals surface area (Å²) in [6.07, 6.45) is 30.5. The van der Waals surface area contributed by atoms with Crippen LogP contribution in [0.5, 0.6) is 0 Å². The predicted molar refractivity (Wildman–Crippen MR) is 249 cm³/mol. The molecular formula is C48H74S2Sn2. The van der Waals surface area contributed by atoms with E-state index in [2.05, 4.69) is 103 Å². The second-order valence-electron chi connectivity index (χ2n) is 18.4. The van der Waals surface area contributed by atoms with E-state index in [9.17, 15) is 0 Å². The van der Waals surface area contributed by atoms with E-state index in [0.29, 0.717) is 0 Å². The maximum atomic E-state index is 2.68. The van der Waals surface area contributed by atoms with E-state index in [-0.39, 0.29) is 0 Å². The number of hydrogen-bond donors (Lipinski definition) is 0. The molecule has 286 valence electrons. The van der Waals surface area contributed by atoms with Crippen LogP contribution in [0.2, 0.25) is 29.6 Å². The zero-order valence-corrected chi connectivity index (χ0v) is 42.2. The number of hydrogen-bond acceptors (Lipinski definition) is 2. The SMILES string of the molecule is CCCCCCCCCCCCc1cc2c3cc(CCCCCCCCCCCC)c4c[c]([Sn]([CH3])([CH3])[CH3])sc4c3ccc2c2s[c]([Sn]([CH3])([CH3])[CH3])cc12. The molecule has 5 aromatic rings. The van der Waals surface area contributed by atoms with Crippen LogP contribution < -0.4 is 5.79 Å². The fourth-order valence-corrected chi connectivity index (χ4v) is 21.1. The molecule has 3 aromatic carbocycles. The molecule has 0 nitrogen and oxygen atoms in total. The third-order valence-corrected chi connectivity index (χ3v) is 32.8. The summed E-state index contributed by atoms with van der Waals surface area (Å²) in [6.45, 7) is 4.64. The van der Waals surface area contributed by atoms with Crippen molar-refractivity contribution < 1.29 is 0 Å². The van der Waals surface area contributed by atoms with Crippen molar-refractivity contribution in [3.63, 3.8) is 0 Å². The number of aryl methyl sites for hydroxylation is 2. The molecule has 0 radical (unpaired) electrons. The van der Waals surface area contributed by atoms with Crippen molar-refractivity contribution in [1.29, 1.82) is 0 Å². The first kappa shape index (κ1) is 42.8. The number of benzene rings is 3. The van der Waals surface area contributed by atoms with Crippen molar-refractivity contribution in [3.05, 3.63) is 47.5 Å². The number of thiophene rings is 2. The first-order valence-electron chi connectivity index (χ1n) is 21.9. The monoisotopic (exact) mass is 954 g/mol.